The van der Waals surface area contributed by atoms with Crippen LogP contribution in [0.25, 0.3) is 0 Å². The molecule has 0 aromatic heterocycles. The van der Waals surface area contributed by atoms with Gasteiger partial charge in [-0.1, -0.05) is 0 Å². The lowest BCUT2D eigenvalue weighted by molar-refractivity contribution is -0.377. The molecule has 16 nitrogen and oxygen atoms in total. The van der Waals surface area contributed by atoms with E-state index in [0.29, 0.717) is 0 Å². The normalized spacial score (nSPS) is 52.5. The summed E-state index contributed by atoms with van der Waals surface area (Å²) in [6.45, 7) is -2.32. The van der Waals surface area contributed by atoms with Crippen LogP contribution in [0.4, 0.5) is 0 Å². The molecular formula is C18H32O16. The molecule has 0 unspecified atom stereocenters. The highest BCUT2D eigenvalue weighted by atomic mass is 16.8. The van der Waals surface area contributed by atoms with E-state index in [2.05, 4.69) is 0 Å². The van der Waals surface area contributed by atoms with Crippen LogP contribution in [0.2, 0.25) is 0 Å². The Morgan fingerprint density at radius 1 is 0.441 bits per heavy atom. The molecule has 3 saturated heterocycles. The minimum absolute atomic E-state index is 0.741. The Balaban J connectivity index is 1.72. The number of rotatable bonds is 7. The molecule has 200 valence electrons. The van der Waals surface area contributed by atoms with Crippen molar-refractivity contribution in [2.75, 3.05) is 19.8 Å². The maximum atomic E-state index is 10.6. The minimum Gasteiger partial charge on any atom is -0.394 e. The molecule has 3 aliphatic rings. The third-order valence-corrected chi connectivity index (χ3v) is 6.09. The molecule has 0 bridgehead atoms. The Morgan fingerprint density at radius 3 is 1.35 bits per heavy atom. The van der Waals surface area contributed by atoms with Crippen LogP contribution in [0, 0.1) is 0 Å². The summed E-state index contributed by atoms with van der Waals surface area (Å²) in [5.41, 5.74) is 0. The van der Waals surface area contributed by atoms with Crippen molar-refractivity contribution >= 4 is 0 Å². The van der Waals surface area contributed by atoms with E-state index in [0.717, 1.165) is 0 Å². The zero-order valence-corrected chi connectivity index (χ0v) is 17.7. The molecule has 15 atom stereocenters. The summed E-state index contributed by atoms with van der Waals surface area (Å²) in [4.78, 5) is 0. The summed E-state index contributed by atoms with van der Waals surface area (Å²) in [7, 11) is 0. The van der Waals surface area contributed by atoms with Crippen molar-refractivity contribution in [3.8, 4) is 0 Å². The van der Waals surface area contributed by atoms with E-state index < -0.39 is 112 Å². The standard InChI is InChI=1S/C18H32O16/c19-1-4-7(22)8(23)12(27)17(31-4)34-15-6(3-21)32-18(13(28)10(15)25)33-14-5(2-20)30-16(29)11(26)9(14)24/h4-29H,1-3H2/t4-,5-,6-,7-,8+,9-,10-,11-,12-,13+,14+,15+,16-,17+,18-/m0/s1. The van der Waals surface area contributed by atoms with Gasteiger partial charge < -0.3 is 79.9 Å². The molecular weight excluding hydrogens is 472 g/mol. The predicted octanol–water partition coefficient (Wildman–Crippen LogP) is -7.57. The topological polar surface area (TPSA) is 269 Å². The molecule has 34 heavy (non-hydrogen) atoms. The third-order valence-electron chi connectivity index (χ3n) is 6.09. The van der Waals surface area contributed by atoms with Crippen LogP contribution in [-0.4, -0.2) is 168 Å². The van der Waals surface area contributed by atoms with Crippen molar-refractivity contribution in [3.63, 3.8) is 0 Å². The van der Waals surface area contributed by atoms with E-state index in [1.54, 1.807) is 0 Å². The molecule has 11 N–H and O–H groups in total. The zero-order valence-electron chi connectivity index (χ0n) is 17.7. The van der Waals surface area contributed by atoms with Gasteiger partial charge in [-0.3, -0.25) is 0 Å². The Labute approximate surface area is 192 Å². The summed E-state index contributed by atoms with van der Waals surface area (Å²) in [6.07, 6.45) is -25.1. The van der Waals surface area contributed by atoms with Crippen molar-refractivity contribution in [1.29, 1.82) is 0 Å². The number of ether oxygens (including phenoxy) is 5. The van der Waals surface area contributed by atoms with Crippen LogP contribution in [0.3, 0.4) is 0 Å². The maximum Gasteiger partial charge on any atom is 0.187 e. The van der Waals surface area contributed by atoms with E-state index in [4.69, 9.17) is 23.7 Å². The average Bonchev–Trinajstić information content (AvgIpc) is 2.83. The molecule has 0 amide bonds. The quantitative estimate of drug-likeness (QED) is 0.154. The fourth-order valence-corrected chi connectivity index (χ4v) is 4.06. The third kappa shape index (κ3) is 5.37. The Hall–Kier alpha value is -0.640. The second-order valence-corrected chi connectivity index (χ2v) is 8.33. The van der Waals surface area contributed by atoms with E-state index in [1.165, 1.54) is 0 Å². The van der Waals surface area contributed by atoms with Crippen molar-refractivity contribution < 1.29 is 79.9 Å². The first-order valence-electron chi connectivity index (χ1n) is 10.6. The lowest BCUT2D eigenvalue weighted by Crippen LogP contribution is -2.66. The number of hydrogen-bond donors (Lipinski definition) is 11. The number of hydrogen-bond acceptors (Lipinski definition) is 16. The lowest BCUT2D eigenvalue weighted by atomic mass is 9.96. The van der Waals surface area contributed by atoms with Gasteiger partial charge in [0.05, 0.1) is 19.8 Å². The highest BCUT2D eigenvalue weighted by Crippen LogP contribution is 2.32. The SMILES string of the molecule is OC[C@@H]1O[C@H](O[C@H]2[C@@H](O)[C@@H](O)[C@H](O[C@H]3[C@@H](O)[C@H](O)[C@@H](O)O[C@H]3CO)O[C@H]2CO)[C@@H](O)[C@H](O)[C@H]1O. The average molecular weight is 504 g/mol. The Bertz CT molecular complexity index is 635. The van der Waals surface area contributed by atoms with Gasteiger partial charge in [0.1, 0.15) is 73.2 Å². The Kier molecular flexibility index (Phi) is 9.54. The first kappa shape index (κ1) is 27.9. The van der Waals surface area contributed by atoms with Crippen molar-refractivity contribution in [2.45, 2.75) is 92.1 Å². The van der Waals surface area contributed by atoms with Crippen LogP contribution in [0.1, 0.15) is 0 Å². The van der Waals surface area contributed by atoms with Crippen molar-refractivity contribution in [3.05, 3.63) is 0 Å². The molecule has 3 heterocycles. The molecule has 3 rings (SSSR count). The molecule has 0 saturated carbocycles. The molecule has 16 heteroatoms. The van der Waals surface area contributed by atoms with Gasteiger partial charge >= 0.3 is 0 Å². The smallest absolute Gasteiger partial charge is 0.187 e. The summed E-state index contributed by atoms with van der Waals surface area (Å²) in [6, 6.07) is 0. The van der Waals surface area contributed by atoms with Crippen LogP contribution < -0.4 is 0 Å². The first-order valence-corrected chi connectivity index (χ1v) is 10.6. The second kappa shape index (κ2) is 11.6. The fraction of sp³-hybridized carbons (Fsp3) is 1.00. The summed E-state index contributed by atoms with van der Waals surface area (Å²) in [5, 5.41) is 109. The molecule has 3 aliphatic heterocycles. The summed E-state index contributed by atoms with van der Waals surface area (Å²) in [5.74, 6) is 0. The maximum absolute atomic E-state index is 10.6. The molecule has 0 aromatic rings. The number of aliphatic hydroxyl groups excluding tert-OH is 11. The van der Waals surface area contributed by atoms with Gasteiger partial charge in [0.2, 0.25) is 0 Å². The highest BCUT2D eigenvalue weighted by Gasteiger charge is 2.53. The van der Waals surface area contributed by atoms with Gasteiger partial charge in [0.25, 0.3) is 0 Å². The summed E-state index contributed by atoms with van der Waals surface area (Å²) < 4.78 is 26.4. The lowest BCUT2D eigenvalue weighted by Gasteiger charge is -2.47. The molecule has 0 aliphatic carbocycles. The first-order chi connectivity index (χ1) is 16.0. The van der Waals surface area contributed by atoms with Crippen LogP contribution in [0.15, 0.2) is 0 Å². The van der Waals surface area contributed by atoms with Crippen LogP contribution in [0.5, 0.6) is 0 Å². The molecule has 3 fully saturated rings. The van der Waals surface area contributed by atoms with Gasteiger partial charge in [-0.25, -0.2) is 0 Å². The van der Waals surface area contributed by atoms with E-state index in [1.807, 2.05) is 0 Å². The van der Waals surface area contributed by atoms with E-state index >= 15 is 0 Å². The highest BCUT2D eigenvalue weighted by molar-refractivity contribution is 4.96. The summed E-state index contributed by atoms with van der Waals surface area (Å²) >= 11 is 0. The second-order valence-electron chi connectivity index (χ2n) is 8.33. The molecule has 0 aromatic carbocycles. The van der Waals surface area contributed by atoms with Gasteiger partial charge in [0.15, 0.2) is 18.9 Å². The largest absolute Gasteiger partial charge is 0.394 e. The van der Waals surface area contributed by atoms with Gasteiger partial charge in [-0.05, 0) is 0 Å². The fourth-order valence-electron chi connectivity index (χ4n) is 4.06. The van der Waals surface area contributed by atoms with Crippen molar-refractivity contribution in [2.24, 2.45) is 0 Å². The van der Waals surface area contributed by atoms with Crippen LogP contribution in [-0.2, 0) is 23.7 Å². The minimum atomic E-state index is -1.91. The molecule has 0 radical (unpaired) electrons. The van der Waals surface area contributed by atoms with Crippen molar-refractivity contribution in [1.82, 2.24) is 0 Å². The van der Waals surface area contributed by atoms with E-state index in [-0.39, 0.29) is 0 Å². The molecule has 0 spiro atoms. The van der Waals surface area contributed by atoms with Crippen LogP contribution >= 0.6 is 0 Å². The van der Waals surface area contributed by atoms with Gasteiger partial charge in [-0.15, -0.1) is 0 Å². The number of aliphatic hydroxyl groups is 11. The predicted molar refractivity (Wildman–Crippen MR) is 101 cm³/mol. The monoisotopic (exact) mass is 504 g/mol. The van der Waals surface area contributed by atoms with Gasteiger partial charge in [0, 0.05) is 0 Å². The zero-order chi connectivity index (χ0) is 25.3. The van der Waals surface area contributed by atoms with Gasteiger partial charge in [-0.2, -0.15) is 0 Å². The Morgan fingerprint density at radius 2 is 0.853 bits per heavy atom. The van der Waals surface area contributed by atoms with E-state index in [9.17, 15) is 56.2 Å².